The summed E-state index contributed by atoms with van der Waals surface area (Å²) < 4.78 is 32.1. The molecule has 224 valence electrons. The largest absolute Gasteiger partial charge is 0.331 e. The first-order chi connectivity index (χ1) is 18.1. The summed E-state index contributed by atoms with van der Waals surface area (Å²) in [5.74, 6) is -1.70. The maximum Gasteiger partial charge on any atom is 0.282 e. The van der Waals surface area contributed by atoms with Crippen molar-refractivity contribution in [3.05, 3.63) is 0 Å². The van der Waals surface area contributed by atoms with E-state index in [1.54, 1.807) is 42.7 Å². The molecule has 0 saturated carbocycles. The van der Waals surface area contributed by atoms with Crippen LogP contribution >= 0.6 is 0 Å². The molecular weight excluding hydrogens is 468 g/mol. The topological polar surface area (TPSA) is 55.4 Å². The highest BCUT2D eigenvalue weighted by molar-refractivity contribution is 4.58. The number of hydrogen-bond acceptors (Lipinski definition) is 6. The minimum absolute atomic E-state index is 0.791. The highest BCUT2D eigenvalue weighted by Gasteiger charge is 2.29. The Kier molecular flexibility index (Phi) is 25.8. The van der Waals surface area contributed by atoms with Crippen LogP contribution in [0.15, 0.2) is 0 Å². The lowest BCUT2D eigenvalue weighted by Crippen LogP contribution is -2.35. The minimum atomic E-state index is -0.852. The Morgan fingerprint density at radius 3 is 0.514 bits per heavy atom. The summed E-state index contributed by atoms with van der Waals surface area (Å²) in [6.45, 7) is 0. The third-order valence-electron chi connectivity index (χ3n) is 7.83. The molecule has 6 heteroatoms. The van der Waals surface area contributed by atoms with Crippen LogP contribution < -0.4 is 0 Å². The second-order valence-electron chi connectivity index (χ2n) is 10.5. The van der Waals surface area contributed by atoms with Gasteiger partial charge in [0, 0.05) is 55.5 Å². The van der Waals surface area contributed by atoms with E-state index in [1.165, 1.54) is 122 Å². The van der Waals surface area contributed by atoms with E-state index < -0.39 is 11.9 Å². The van der Waals surface area contributed by atoms with Gasteiger partial charge >= 0.3 is 0 Å². The van der Waals surface area contributed by atoms with Crippen LogP contribution in [-0.2, 0) is 28.4 Å². The lowest BCUT2D eigenvalue weighted by Gasteiger charge is -2.28. The molecule has 0 N–H and O–H groups in total. The molecule has 0 aromatic carbocycles. The molecule has 0 fully saturated rings. The molecule has 0 spiro atoms. The molecule has 0 radical (unpaired) electrons. The Bertz CT molecular complexity index is 394. The summed E-state index contributed by atoms with van der Waals surface area (Å²) in [5, 5.41) is 0. The molecule has 37 heavy (non-hydrogen) atoms. The molecular formula is C31H64O6. The van der Waals surface area contributed by atoms with Crippen molar-refractivity contribution in [2.75, 3.05) is 42.7 Å². The lowest BCUT2D eigenvalue weighted by atomic mass is 10.0. The van der Waals surface area contributed by atoms with Crippen molar-refractivity contribution in [1.82, 2.24) is 0 Å². The Hall–Kier alpha value is -0.240. The van der Waals surface area contributed by atoms with Gasteiger partial charge in [0.15, 0.2) is 0 Å². The zero-order valence-corrected chi connectivity index (χ0v) is 25.7. The Morgan fingerprint density at radius 1 is 0.243 bits per heavy atom. The predicted molar refractivity (Wildman–Crippen MR) is 154 cm³/mol. The third kappa shape index (κ3) is 19.5. The SMILES string of the molecule is COC(CCCCCCCCCCCCCCCCCCCCCCCC(OC)(OC)OC)(OC)OC. The van der Waals surface area contributed by atoms with Gasteiger partial charge in [-0.25, -0.2) is 0 Å². The average Bonchev–Trinajstić information content (AvgIpc) is 2.94. The summed E-state index contributed by atoms with van der Waals surface area (Å²) in [6, 6.07) is 0. The zero-order valence-electron chi connectivity index (χ0n) is 25.7. The van der Waals surface area contributed by atoms with Gasteiger partial charge in [0.05, 0.1) is 0 Å². The summed E-state index contributed by atoms with van der Waals surface area (Å²) in [6.07, 6.45) is 29.8. The number of hydrogen-bond donors (Lipinski definition) is 0. The van der Waals surface area contributed by atoms with Gasteiger partial charge in [0.2, 0.25) is 0 Å². The Balaban J connectivity index is 3.26. The third-order valence-corrected chi connectivity index (χ3v) is 7.83. The van der Waals surface area contributed by atoms with E-state index in [2.05, 4.69) is 0 Å². The molecule has 0 unspecified atom stereocenters. The molecule has 0 aromatic heterocycles. The molecule has 0 saturated heterocycles. The molecule has 0 amide bonds. The van der Waals surface area contributed by atoms with Crippen LogP contribution in [0.2, 0.25) is 0 Å². The van der Waals surface area contributed by atoms with Gasteiger partial charge in [0.25, 0.3) is 11.9 Å². The standard InChI is InChI=1S/C31H64O6/c1-32-30(33-2,34-3)28-26-24-22-20-18-16-14-12-10-8-7-9-11-13-15-17-19-21-23-25-27-29-31(35-4,36-5)37-6/h7-29H2,1-6H3. The average molecular weight is 533 g/mol. The molecule has 0 heterocycles. The first kappa shape index (κ1) is 36.8. The first-order valence-electron chi connectivity index (χ1n) is 15.4. The molecule has 0 aromatic rings. The predicted octanol–water partition coefficient (Wildman–Crippen LogP) is 9.14. The smallest absolute Gasteiger partial charge is 0.282 e. The van der Waals surface area contributed by atoms with Crippen LogP contribution in [0.4, 0.5) is 0 Å². The van der Waals surface area contributed by atoms with Gasteiger partial charge in [-0.15, -0.1) is 0 Å². The summed E-state index contributed by atoms with van der Waals surface area (Å²) in [4.78, 5) is 0. The van der Waals surface area contributed by atoms with Gasteiger partial charge in [-0.05, 0) is 12.8 Å². The van der Waals surface area contributed by atoms with Crippen LogP contribution in [0.1, 0.15) is 148 Å². The maximum atomic E-state index is 5.35. The quantitative estimate of drug-likeness (QED) is 0.0679. The van der Waals surface area contributed by atoms with E-state index in [-0.39, 0.29) is 0 Å². The summed E-state index contributed by atoms with van der Waals surface area (Å²) in [7, 11) is 9.84. The van der Waals surface area contributed by atoms with Crippen molar-refractivity contribution < 1.29 is 28.4 Å². The molecule has 0 rings (SSSR count). The van der Waals surface area contributed by atoms with Gasteiger partial charge < -0.3 is 28.4 Å². The van der Waals surface area contributed by atoms with Crippen LogP contribution in [0, 0.1) is 0 Å². The van der Waals surface area contributed by atoms with Crippen molar-refractivity contribution in [2.45, 2.75) is 160 Å². The molecule has 0 aliphatic rings. The second kappa shape index (κ2) is 26.0. The molecule has 0 atom stereocenters. The fraction of sp³-hybridized carbons (Fsp3) is 1.00. The number of unbranched alkanes of at least 4 members (excludes halogenated alkanes) is 20. The van der Waals surface area contributed by atoms with Gasteiger partial charge in [0.1, 0.15) is 0 Å². The van der Waals surface area contributed by atoms with Gasteiger partial charge in [-0.1, -0.05) is 122 Å². The van der Waals surface area contributed by atoms with Crippen LogP contribution in [0.5, 0.6) is 0 Å². The molecule has 0 bridgehead atoms. The monoisotopic (exact) mass is 532 g/mol. The van der Waals surface area contributed by atoms with E-state index in [0.717, 1.165) is 25.7 Å². The normalized spacial score (nSPS) is 12.5. The Labute approximate surface area is 230 Å². The molecule has 0 aliphatic heterocycles. The zero-order chi connectivity index (χ0) is 27.5. The lowest BCUT2D eigenvalue weighted by molar-refractivity contribution is -0.355. The molecule has 6 nitrogen and oxygen atoms in total. The van der Waals surface area contributed by atoms with E-state index in [0.29, 0.717) is 0 Å². The van der Waals surface area contributed by atoms with Crippen LogP contribution in [0.25, 0.3) is 0 Å². The second-order valence-corrected chi connectivity index (χ2v) is 10.5. The van der Waals surface area contributed by atoms with Crippen molar-refractivity contribution in [1.29, 1.82) is 0 Å². The highest BCUT2D eigenvalue weighted by Crippen LogP contribution is 2.23. The number of ether oxygens (including phenoxy) is 6. The molecule has 0 aliphatic carbocycles. The van der Waals surface area contributed by atoms with Crippen molar-refractivity contribution in [3.63, 3.8) is 0 Å². The van der Waals surface area contributed by atoms with Crippen LogP contribution in [-0.4, -0.2) is 54.6 Å². The first-order valence-corrected chi connectivity index (χ1v) is 15.4. The number of methoxy groups -OCH3 is 6. The van der Waals surface area contributed by atoms with E-state index in [4.69, 9.17) is 28.4 Å². The minimum Gasteiger partial charge on any atom is -0.331 e. The van der Waals surface area contributed by atoms with Crippen molar-refractivity contribution in [2.24, 2.45) is 0 Å². The summed E-state index contributed by atoms with van der Waals surface area (Å²) >= 11 is 0. The Morgan fingerprint density at radius 2 is 0.378 bits per heavy atom. The van der Waals surface area contributed by atoms with Gasteiger partial charge in [-0.2, -0.15) is 0 Å². The maximum absolute atomic E-state index is 5.35. The van der Waals surface area contributed by atoms with Crippen molar-refractivity contribution in [3.8, 4) is 0 Å². The van der Waals surface area contributed by atoms with E-state index in [9.17, 15) is 0 Å². The fourth-order valence-corrected chi connectivity index (χ4v) is 5.15. The summed E-state index contributed by atoms with van der Waals surface area (Å²) in [5.41, 5.74) is 0. The fourth-order valence-electron chi connectivity index (χ4n) is 5.15. The van der Waals surface area contributed by atoms with E-state index >= 15 is 0 Å². The van der Waals surface area contributed by atoms with E-state index in [1.807, 2.05) is 0 Å². The van der Waals surface area contributed by atoms with Crippen molar-refractivity contribution >= 4 is 0 Å². The highest BCUT2D eigenvalue weighted by atomic mass is 16.9. The number of rotatable bonds is 30. The van der Waals surface area contributed by atoms with Crippen LogP contribution in [0.3, 0.4) is 0 Å². The van der Waals surface area contributed by atoms with Gasteiger partial charge in [-0.3, -0.25) is 0 Å².